The van der Waals surface area contributed by atoms with Crippen LogP contribution < -0.4 is 10.1 Å². The first-order valence-corrected chi connectivity index (χ1v) is 7.45. The Kier molecular flexibility index (Phi) is 5.89. The second-order valence-electron chi connectivity index (χ2n) is 4.63. The summed E-state index contributed by atoms with van der Waals surface area (Å²) >= 11 is 11.7. The molecule has 0 heterocycles. The molecule has 2 aromatic rings. The van der Waals surface area contributed by atoms with Crippen molar-refractivity contribution < 1.29 is 24.2 Å². The van der Waals surface area contributed by atoms with Crippen LogP contribution in [0.2, 0.25) is 10.0 Å². The first kappa shape index (κ1) is 17.9. The molecule has 2 rings (SSSR count). The van der Waals surface area contributed by atoms with Gasteiger partial charge in [-0.1, -0.05) is 23.2 Å². The smallest absolute Gasteiger partial charge is 0.342 e. The monoisotopic (exact) mass is 369 g/mol. The fourth-order valence-electron chi connectivity index (χ4n) is 1.79. The van der Waals surface area contributed by atoms with Crippen LogP contribution >= 0.6 is 23.2 Å². The molecule has 0 bridgehead atoms. The molecule has 6 nitrogen and oxygen atoms in total. The molecule has 0 spiro atoms. The van der Waals surface area contributed by atoms with E-state index in [-0.39, 0.29) is 11.3 Å². The number of hydrogen-bond acceptors (Lipinski definition) is 5. The summed E-state index contributed by atoms with van der Waals surface area (Å²) in [4.78, 5) is 23.8. The van der Waals surface area contributed by atoms with Gasteiger partial charge in [0.2, 0.25) is 0 Å². The zero-order valence-electron chi connectivity index (χ0n) is 12.5. The van der Waals surface area contributed by atoms with Gasteiger partial charge in [0, 0.05) is 5.02 Å². The number of rotatable bonds is 5. The summed E-state index contributed by atoms with van der Waals surface area (Å²) in [5.74, 6) is -1.37. The number of ether oxygens (including phenoxy) is 2. The maximum atomic E-state index is 11.9. The van der Waals surface area contributed by atoms with Crippen LogP contribution in [0.5, 0.6) is 11.5 Å². The normalized spacial score (nSPS) is 10.1. The van der Waals surface area contributed by atoms with E-state index < -0.39 is 18.5 Å². The SMILES string of the molecule is COc1ccc(O)c(C(=O)OCC(=O)Nc2cc(Cl)ccc2Cl)c1. The molecule has 2 N–H and O–H groups in total. The second kappa shape index (κ2) is 7.90. The van der Waals surface area contributed by atoms with Crippen LogP contribution in [0, 0.1) is 0 Å². The van der Waals surface area contributed by atoms with Gasteiger partial charge in [-0.25, -0.2) is 4.79 Å². The van der Waals surface area contributed by atoms with E-state index in [1.807, 2.05) is 0 Å². The van der Waals surface area contributed by atoms with Crippen molar-refractivity contribution in [3.8, 4) is 11.5 Å². The molecule has 0 atom stereocenters. The predicted octanol–water partition coefficient (Wildman–Crippen LogP) is 3.50. The van der Waals surface area contributed by atoms with Crippen LogP contribution in [-0.2, 0) is 9.53 Å². The number of phenols is 1. The van der Waals surface area contributed by atoms with Crippen molar-refractivity contribution in [3.05, 3.63) is 52.0 Å². The molecule has 0 unspecified atom stereocenters. The average molecular weight is 370 g/mol. The Labute approximate surface area is 147 Å². The second-order valence-corrected chi connectivity index (χ2v) is 5.48. The first-order valence-electron chi connectivity index (χ1n) is 6.69. The number of benzene rings is 2. The van der Waals surface area contributed by atoms with Crippen molar-refractivity contribution in [1.29, 1.82) is 0 Å². The molecule has 0 aliphatic rings. The van der Waals surface area contributed by atoms with Gasteiger partial charge < -0.3 is 19.9 Å². The van der Waals surface area contributed by atoms with E-state index in [1.165, 1.54) is 37.4 Å². The van der Waals surface area contributed by atoms with Crippen LogP contribution in [0.15, 0.2) is 36.4 Å². The van der Waals surface area contributed by atoms with Gasteiger partial charge >= 0.3 is 5.97 Å². The van der Waals surface area contributed by atoms with E-state index in [0.29, 0.717) is 21.5 Å². The van der Waals surface area contributed by atoms with Crippen LogP contribution in [0.3, 0.4) is 0 Å². The lowest BCUT2D eigenvalue weighted by Gasteiger charge is -2.09. The lowest BCUT2D eigenvalue weighted by Crippen LogP contribution is -2.21. The maximum absolute atomic E-state index is 11.9. The summed E-state index contributed by atoms with van der Waals surface area (Å²) in [7, 11) is 1.42. The number of halogens is 2. The third-order valence-corrected chi connectivity index (χ3v) is 3.53. The molecule has 0 aliphatic carbocycles. The van der Waals surface area contributed by atoms with Crippen LogP contribution in [0.4, 0.5) is 5.69 Å². The number of amides is 1. The summed E-state index contributed by atoms with van der Waals surface area (Å²) in [5, 5.41) is 12.8. The highest BCUT2D eigenvalue weighted by atomic mass is 35.5. The van der Waals surface area contributed by atoms with Crippen LogP contribution in [0.25, 0.3) is 0 Å². The van der Waals surface area contributed by atoms with Crippen molar-refractivity contribution in [2.45, 2.75) is 0 Å². The van der Waals surface area contributed by atoms with E-state index in [9.17, 15) is 14.7 Å². The Morgan fingerprint density at radius 2 is 1.92 bits per heavy atom. The average Bonchev–Trinajstić information content (AvgIpc) is 2.56. The summed E-state index contributed by atoms with van der Waals surface area (Å²) < 4.78 is 9.83. The highest BCUT2D eigenvalue weighted by molar-refractivity contribution is 6.35. The van der Waals surface area contributed by atoms with Gasteiger partial charge in [0.1, 0.15) is 17.1 Å². The maximum Gasteiger partial charge on any atom is 0.342 e. The number of aromatic hydroxyl groups is 1. The fraction of sp³-hybridized carbons (Fsp3) is 0.125. The standard InChI is InChI=1S/C16H13Cl2NO5/c1-23-10-3-5-14(20)11(7-10)16(22)24-8-15(21)19-13-6-9(17)2-4-12(13)18/h2-7,20H,8H2,1H3,(H,19,21). The van der Waals surface area contributed by atoms with E-state index in [0.717, 1.165) is 0 Å². The van der Waals surface area contributed by atoms with Crippen molar-refractivity contribution in [3.63, 3.8) is 0 Å². The molecule has 0 fully saturated rings. The fourth-order valence-corrected chi connectivity index (χ4v) is 2.13. The molecule has 24 heavy (non-hydrogen) atoms. The summed E-state index contributed by atoms with van der Waals surface area (Å²) in [5.41, 5.74) is 0.192. The minimum atomic E-state index is -0.862. The van der Waals surface area contributed by atoms with Gasteiger partial charge in [-0.15, -0.1) is 0 Å². The first-order chi connectivity index (χ1) is 11.4. The number of carbonyl (C=O) groups excluding carboxylic acids is 2. The number of phenolic OH excluding ortho intramolecular Hbond substituents is 1. The molecule has 0 aliphatic heterocycles. The topological polar surface area (TPSA) is 84.9 Å². The molecule has 0 saturated carbocycles. The molecule has 2 aromatic carbocycles. The minimum absolute atomic E-state index is 0.108. The highest BCUT2D eigenvalue weighted by Gasteiger charge is 2.16. The third kappa shape index (κ3) is 4.53. The molecule has 0 radical (unpaired) electrons. The van der Waals surface area contributed by atoms with Gasteiger partial charge in [0.05, 0.1) is 17.8 Å². The summed E-state index contributed by atoms with van der Waals surface area (Å²) in [6.07, 6.45) is 0. The third-order valence-electron chi connectivity index (χ3n) is 2.96. The Hall–Kier alpha value is -2.44. The Morgan fingerprint density at radius 3 is 2.62 bits per heavy atom. The quantitative estimate of drug-likeness (QED) is 0.787. The van der Waals surface area contributed by atoms with Crippen molar-refractivity contribution >= 4 is 40.8 Å². The Bertz CT molecular complexity index is 779. The number of methoxy groups -OCH3 is 1. The number of nitrogens with one attached hydrogen (secondary N) is 1. The molecule has 1 amide bonds. The number of hydrogen-bond donors (Lipinski definition) is 2. The lowest BCUT2D eigenvalue weighted by atomic mass is 10.2. The predicted molar refractivity (Wildman–Crippen MR) is 90.0 cm³/mol. The van der Waals surface area contributed by atoms with Gasteiger partial charge in [-0.05, 0) is 36.4 Å². The van der Waals surface area contributed by atoms with Crippen LogP contribution in [-0.4, -0.2) is 30.7 Å². The Morgan fingerprint density at radius 1 is 1.17 bits per heavy atom. The van der Waals surface area contributed by atoms with Crippen molar-refractivity contribution in [2.75, 3.05) is 19.0 Å². The van der Waals surface area contributed by atoms with Crippen molar-refractivity contribution in [1.82, 2.24) is 0 Å². The summed E-state index contributed by atoms with van der Waals surface area (Å²) in [6, 6.07) is 8.66. The molecule has 0 saturated heterocycles. The molecule has 0 aromatic heterocycles. The molecular weight excluding hydrogens is 357 g/mol. The highest BCUT2D eigenvalue weighted by Crippen LogP contribution is 2.26. The van der Waals surface area contributed by atoms with Crippen LogP contribution in [0.1, 0.15) is 10.4 Å². The van der Waals surface area contributed by atoms with Gasteiger partial charge in [0.15, 0.2) is 6.61 Å². The van der Waals surface area contributed by atoms with Gasteiger partial charge in [-0.2, -0.15) is 0 Å². The largest absolute Gasteiger partial charge is 0.507 e. The van der Waals surface area contributed by atoms with E-state index in [2.05, 4.69) is 5.32 Å². The van der Waals surface area contributed by atoms with Gasteiger partial charge in [0.25, 0.3) is 5.91 Å². The Balaban J connectivity index is 1.99. The van der Waals surface area contributed by atoms with E-state index in [4.69, 9.17) is 32.7 Å². The lowest BCUT2D eigenvalue weighted by molar-refractivity contribution is -0.119. The zero-order chi connectivity index (χ0) is 17.7. The zero-order valence-corrected chi connectivity index (χ0v) is 14.0. The number of carbonyl (C=O) groups is 2. The minimum Gasteiger partial charge on any atom is -0.507 e. The summed E-state index contributed by atoms with van der Waals surface area (Å²) in [6.45, 7) is -0.557. The molecule has 126 valence electrons. The van der Waals surface area contributed by atoms with Crippen molar-refractivity contribution in [2.24, 2.45) is 0 Å². The van der Waals surface area contributed by atoms with E-state index in [1.54, 1.807) is 6.07 Å². The molecular formula is C16H13Cl2NO5. The van der Waals surface area contributed by atoms with E-state index >= 15 is 0 Å². The van der Waals surface area contributed by atoms with Gasteiger partial charge in [-0.3, -0.25) is 4.79 Å². The number of esters is 1. The molecule has 8 heteroatoms. The number of anilines is 1.